The van der Waals surface area contributed by atoms with Gasteiger partial charge in [-0.2, -0.15) is 0 Å². The van der Waals surface area contributed by atoms with E-state index in [0.717, 1.165) is 5.56 Å². The van der Waals surface area contributed by atoms with Crippen LogP contribution in [-0.4, -0.2) is 24.4 Å². The zero-order valence-corrected chi connectivity index (χ0v) is 15.9. The van der Waals surface area contributed by atoms with Crippen LogP contribution in [0.3, 0.4) is 0 Å². The van der Waals surface area contributed by atoms with E-state index in [1.54, 1.807) is 0 Å². The molecule has 1 amide bonds. The van der Waals surface area contributed by atoms with Gasteiger partial charge in [0, 0.05) is 11.2 Å². The maximum absolute atomic E-state index is 14.3. The number of benzene rings is 2. The second kappa shape index (κ2) is 7.33. The highest BCUT2D eigenvalue weighted by molar-refractivity contribution is 6.62. The molecule has 0 unspecified atom stereocenters. The molecule has 3 rings (SSSR count). The van der Waals surface area contributed by atoms with Crippen molar-refractivity contribution in [3.8, 4) is 0 Å². The highest BCUT2D eigenvalue weighted by Gasteiger charge is 2.52. The Hall–Kier alpha value is -2.38. The van der Waals surface area contributed by atoms with Gasteiger partial charge in [-0.3, -0.25) is 5.32 Å². The normalized spacial score (nSPS) is 17.6. The summed E-state index contributed by atoms with van der Waals surface area (Å²) in [5.74, 6) is -0.461. The fraction of sp³-hybridized carbons (Fsp3) is 0.350. The number of hydrogen-bond acceptors (Lipinski definition) is 4. The summed E-state index contributed by atoms with van der Waals surface area (Å²) in [5.41, 5.74) is 0.350. The van der Waals surface area contributed by atoms with Crippen molar-refractivity contribution in [2.24, 2.45) is 0 Å². The summed E-state index contributed by atoms with van der Waals surface area (Å²) in [6.07, 6.45) is -0.620. The maximum atomic E-state index is 14.3. The zero-order chi connectivity index (χ0) is 19.7. The zero-order valence-electron chi connectivity index (χ0n) is 15.9. The Bertz CT molecular complexity index is 810. The van der Waals surface area contributed by atoms with Gasteiger partial charge in [0.25, 0.3) is 0 Å². The van der Waals surface area contributed by atoms with Crippen LogP contribution >= 0.6 is 0 Å². The smallest absolute Gasteiger partial charge is 0.444 e. The minimum absolute atomic E-state index is 0.151. The summed E-state index contributed by atoms with van der Waals surface area (Å²) < 4.78 is 31.3. The highest BCUT2D eigenvalue weighted by Crippen LogP contribution is 2.36. The molecular formula is C20H23BFNO4. The Kier molecular flexibility index (Phi) is 5.26. The first kappa shape index (κ1) is 19.4. The van der Waals surface area contributed by atoms with Gasteiger partial charge in [0.15, 0.2) is 0 Å². The molecule has 1 saturated heterocycles. The molecule has 2 aromatic carbocycles. The van der Waals surface area contributed by atoms with Crippen LogP contribution in [0.4, 0.5) is 14.9 Å². The number of amides is 1. The molecule has 1 N–H and O–H groups in total. The van der Waals surface area contributed by atoms with Gasteiger partial charge in [-0.15, -0.1) is 0 Å². The lowest BCUT2D eigenvalue weighted by Crippen LogP contribution is -2.41. The van der Waals surface area contributed by atoms with Crippen LogP contribution in [0.5, 0.6) is 0 Å². The minimum atomic E-state index is -0.850. The lowest BCUT2D eigenvalue weighted by molar-refractivity contribution is 0.00578. The summed E-state index contributed by atoms with van der Waals surface area (Å²) >= 11 is 0. The summed E-state index contributed by atoms with van der Waals surface area (Å²) in [7, 11) is -0.850. The van der Waals surface area contributed by atoms with E-state index in [4.69, 9.17) is 14.0 Å². The third-order valence-corrected chi connectivity index (χ3v) is 4.96. The molecule has 27 heavy (non-hydrogen) atoms. The molecule has 0 bridgehead atoms. The van der Waals surface area contributed by atoms with Gasteiger partial charge in [0.05, 0.1) is 11.2 Å². The SMILES string of the molecule is CC1(C)OB(c2cc(NC(=O)OCc3ccccc3)ccc2F)OC1(C)C. The topological polar surface area (TPSA) is 56.8 Å². The van der Waals surface area contributed by atoms with Gasteiger partial charge < -0.3 is 14.0 Å². The molecule has 1 aliphatic rings. The molecule has 142 valence electrons. The number of halogens is 1. The first-order valence-electron chi connectivity index (χ1n) is 8.81. The van der Waals surface area contributed by atoms with Crippen LogP contribution in [0.1, 0.15) is 33.3 Å². The lowest BCUT2D eigenvalue weighted by atomic mass is 9.78. The monoisotopic (exact) mass is 371 g/mol. The number of rotatable bonds is 4. The molecule has 1 fully saturated rings. The molecule has 5 nitrogen and oxygen atoms in total. The molecule has 0 saturated carbocycles. The van der Waals surface area contributed by atoms with Crippen molar-refractivity contribution >= 4 is 24.4 Å². The third-order valence-electron chi connectivity index (χ3n) is 4.96. The van der Waals surface area contributed by atoms with Crippen molar-refractivity contribution in [3.05, 3.63) is 59.9 Å². The summed E-state index contributed by atoms with van der Waals surface area (Å²) in [6, 6.07) is 13.6. The predicted molar refractivity (Wildman–Crippen MR) is 102 cm³/mol. The Morgan fingerprint density at radius 3 is 2.33 bits per heavy atom. The Balaban J connectivity index is 1.68. The van der Waals surface area contributed by atoms with E-state index in [1.807, 2.05) is 58.0 Å². The van der Waals surface area contributed by atoms with E-state index in [2.05, 4.69) is 5.32 Å². The van der Waals surface area contributed by atoms with Crippen molar-refractivity contribution in [2.45, 2.75) is 45.5 Å². The first-order chi connectivity index (χ1) is 12.7. The number of nitrogens with one attached hydrogen (secondary N) is 1. The van der Waals surface area contributed by atoms with E-state index in [1.165, 1.54) is 18.2 Å². The largest absolute Gasteiger partial charge is 0.497 e. The predicted octanol–water partition coefficient (Wildman–Crippen LogP) is 3.87. The van der Waals surface area contributed by atoms with Gasteiger partial charge in [-0.05, 0) is 51.5 Å². The van der Waals surface area contributed by atoms with Crippen molar-refractivity contribution < 1.29 is 23.2 Å². The summed E-state index contributed by atoms with van der Waals surface area (Å²) in [6.45, 7) is 7.74. The second-order valence-electron chi connectivity index (χ2n) is 7.51. The first-order valence-corrected chi connectivity index (χ1v) is 8.81. The van der Waals surface area contributed by atoms with Gasteiger partial charge in [-0.1, -0.05) is 30.3 Å². The van der Waals surface area contributed by atoms with Crippen molar-refractivity contribution in [1.82, 2.24) is 0 Å². The van der Waals surface area contributed by atoms with E-state index < -0.39 is 30.2 Å². The molecule has 2 aromatic rings. The van der Waals surface area contributed by atoms with Gasteiger partial charge in [0.2, 0.25) is 0 Å². The quantitative estimate of drug-likeness (QED) is 0.829. The highest BCUT2D eigenvalue weighted by atomic mass is 19.1. The minimum Gasteiger partial charge on any atom is -0.444 e. The Morgan fingerprint density at radius 1 is 1.07 bits per heavy atom. The molecule has 0 atom stereocenters. The molecule has 0 aromatic heterocycles. The number of carbonyl (C=O) groups is 1. The average Bonchev–Trinajstić information content (AvgIpc) is 2.83. The van der Waals surface area contributed by atoms with E-state index in [9.17, 15) is 9.18 Å². The van der Waals surface area contributed by atoms with Crippen LogP contribution in [0.15, 0.2) is 48.5 Å². The van der Waals surface area contributed by atoms with Crippen LogP contribution < -0.4 is 10.8 Å². The summed E-state index contributed by atoms with van der Waals surface area (Å²) in [4.78, 5) is 12.0. The molecule has 7 heteroatoms. The van der Waals surface area contributed by atoms with Crippen LogP contribution in [-0.2, 0) is 20.7 Å². The van der Waals surface area contributed by atoms with Crippen LogP contribution in [0.2, 0.25) is 0 Å². The standard InChI is InChI=1S/C20H23BFNO4/c1-19(2)20(3,4)27-21(26-19)16-12-15(10-11-17(16)22)23-18(24)25-13-14-8-6-5-7-9-14/h5-12H,13H2,1-4H3,(H,23,24). The van der Waals surface area contributed by atoms with E-state index in [-0.39, 0.29) is 12.1 Å². The molecule has 0 spiro atoms. The van der Waals surface area contributed by atoms with Crippen molar-refractivity contribution in [1.29, 1.82) is 0 Å². The van der Waals surface area contributed by atoms with Gasteiger partial charge >= 0.3 is 13.2 Å². The number of hydrogen-bond donors (Lipinski definition) is 1. The van der Waals surface area contributed by atoms with Crippen LogP contribution in [0.25, 0.3) is 0 Å². The van der Waals surface area contributed by atoms with Crippen molar-refractivity contribution in [3.63, 3.8) is 0 Å². The molecule has 1 heterocycles. The van der Waals surface area contributed by atoms with Crippen LogP contribution in [0, 0.1) is 5.82 Å². The average molecular weight is 371 g/mol. The fourth-order valence-corrected chi connectivity index (χ4v) is 2.65. The molecular weight excluding hydrogens is 348 g/mol. The Morgan fingerprint density at radius 2 is 1.70 bits per heavy atom. The van der Waals surface area contributed by atoms with E-state index in [0.29, 0.717) is 5.69 Å². The number of anilines is 1. The molecule has 1 aliphatic heterocycles. The van der Waals surface area contributed by atoms with Crippen molar-refractivity contribution in [2.75, 3.05) is 5.32 Å². The second-order valence-corrected chi connectivity index (χ2v) is 7.51. The maximum Gasteiger partial charge on any atom is 0.497 e. The van der Waals surface area contributed by atoms with Gasteiger partial charge in [0.1, 0.15) is 12.4 Å². The Labute approximate surface area is 159 Å². The lowest BCUT2D eigenvalue weighted by Gasteiger charge is -2.32. The third kappa shape index (κ3) is 4.31. The molecule has 0 radical (unpaired) electrons. The van der Waals surface area contributed by atoms with Gasteiger partial charge in [-0.25, -0.2) is 9.18 Å². The number of carbonyl (C=O) groups excluding carboxylic acids is 1. The van der Waals surface area contributed by atoms with E-state index >= 15 is 0 Å². The summed E-state index contributed by atoms with van der Waals surface area (Å²) in [5, 5.41) is 2.61. The molecule has 0 aliphatic carbocycles. The fourth-order valence-electron chi connectivity index (χ4n) is 2.65. The number of ether oxygens (including phenoxy) is 1.